The molecule has 0 saturated carbocycles. The quantitative estimate of drug-likeness (QED) is 0.793. The number of carboxylic acids is 1. The molecule has 0 spiro atoms. The third-order valence-electron chi connectivity index (χ3n) is 4.32. The summed E-state index contributed by atoms with van der Waals surface area (Å²) in [5.41, 5.74) is 0.874. The van der Waals surface area contributed by atoms with E-state index in [1.165, 1.54) is 11.3 Å². The summed E-state index contributed by atoms with van der Waals surface area (Å²) in [5, 5.41) is 13.7. The number of hydrogen-bond acceptors (Lipinski definition) is 5. The zero-order chi connectivity index (χ0) is 19.4. The molecular weight excluding hydrogens is 368 g/mol. The number of benzene rings is 1. The van der Waals surface area contributed by atoms with Crippen LogP contribution < -0.4 is 10.1 Å². The Hall–Kier alpha value is -2.87. The highest BCUT2D eigenvalue weighted by atomic mass is 32.1. The first-order valence-electron chi connectivity index (χ1n) is 8.51. The summed E-state index contributed by atoms with van der Waals surface area (Å²) >= 11 is 1.43. The Morgan fingerprint density at radius 2 is 2.15 bits per heavy atom. The van der Waals surface area contributed by atoms with E-state index in [0.717, 1.165) is 4.88 Å². The van der Waals surface area contributed by atoms with Crippen molar-refractivity contribution >= 4 is 34.8 Å². The molecule has 1 aliphatic rings. The molecule has 0 unspecified atom stereocenters. The zero-order valence-corrected chi connectivity index (χ0v) is 15.6. The van der Waals surface area contributed by atoms with E-state index in [-0.39, 0.29) is 30.6 Å². The minimum absolute atomic E-state index is 0.0498. The molecule has 0 aliphatic carbocycles. The fourth-order valence-corrected chi connectivity index (χ4v) is 3.77. The molecule has 1 aromatic heterocycles. The standard InChI is InChI=1S/C19H20N2O5S/c1-21-6-7-26-15-5-4-13(11-14(15)19(21)25)20-17(22)9-12(10-18(23)24)16-3-2-8-27-16/h2-5,8,11-12H,6-7,9-10H2,1H3,(H,20,22)(H,23,24)/t12-/m0/s1. The van der Waals surface area contributed by atoms with Crippen LogP contribution in [0.5, 0.6) is 5.75 Å². The number of carboxylic acid groups (broad SMARTS) is 1. The minimum Gasteiger partial charge on any atom is -0.491 e. The number of likely N-dealkylation sites (N-methyl/N-ethyl adjacent to an activating group) is 1. The highest BCUT2D eigenvalue weighted by molar-refractivity contribution is 7.10. The predicted octanol–water partition coefficient (Wildman–Crippen LogP) is 2.80. The summed E-state index contributed by atoms with van der Waals surface area (Å²) in [6.45, 7) is 0.908. The number of thiophene rings is 1. The van der Waals surface area contributed by atoms with Crippen LogP contribution in [0.2, 0.25) is 0 Å². The normalized spacial score (nSPS) is 14.7. The van der Waals surface area contributed by atoms with Gasteiger partial charge in [-0.1, -0.05) is 6.07 Å². The zero-order valence-electron chi connectivity index (χ0n) is 14.8. The van der Waals surface area contributed by atoms with Gasteiger partial charge in [-0.25, -0.2) is 0 Å². The molecule has 7 nitrogen and oxygen atoms in total. The summed E-state index contributed by atoms with van der Waals surface area (Å²) in [6, 6.07) is 8.60. The number of carbonyl (C=O) groups excluding carboxylic acids is 2. The lowest BCUT2D eigenvalue weighted by molar-refractivity contribution is -0.137. The van der Waals surface area contributed by atoms with Crippen molar-refractivity contribution in [1.82, 2.24) is 4.90 Å². The van der Waals surface area contributed by atoms with E-state index in [2.05, 4.69) is 5.32 Å². The molecule has 1 aromatic carbocycles. The number of rotatable bonds is 6. The molecule has 1 aliphatic heterocycles. The van der Waals surface area contributed by atoms with Gasteiger partial charge in [0.15, 0.2) is 0 Å². The molecule has 2 amide bonds. The number of amides is 2. The Balaban J connectivity index is 1.73. The molecule has 8 heteroatoms. The SMILES string of the molecule is CN1CCOc2ccc(NC(=O)C[C@@H](CC(=O)O)c3cccs3)cc2C1=O. The van der Waals surface area contributed by atoms with Crippen molar-refractivity contribution < 1.29 is 24.2 Å². The fraction of sp³-hybridized carbons (Fsp3) is 0.316. The topological polar surface area (TPSA) is 95.9 Å². The van der Waals surface area contributed by atoms with Gasteiger partial charge >= 0.3 is 5.97 Å². The lowest BCUT2D eigenvalue weighted by atomic mass is 9.99. The highest BCUT2D eigenvalue weighted by Gasteiger charge is 2.23. The average molecular weight is 388 g/mol. The fourth-order valence-electron chi connectivity index (χ4n) is 2.94. The maximum absolute atomic E-state index is 12.5. The number of fused-ring (bicyclic) bond motifs is 1. The van der Waals surface area contributed by atoms with E-state index in [4.69, 9.17) is 9.84 Å². The van der Waals surface area contributed by atoms with Crippen LogP contribution in [-0.4, -0.2) is 48.0 Å². The van der Waals surface area contributed by atoms with Crippen LogP contribution in [0, 0.1) is 0 Å². The van der Waals surface area contributed by atoms with E-state index in [9.17, 15) is 14.4 Å². The molecule has 0 radical (unpaired) electrons. The molecule has 1 atom stereocenters. The Labute approximate surface area is 160 Å². The van der Waals surface area contributed by atoms with Crippen molar-refractivity contribution in [2.75, 3.05) is 25.5 Å². The molecule has 0 fully saturated rings. The number of anilines is 1. The van der Waals surface area contributed by atoms with Gasteiger partial charge in [0.2, 0.25) is 5.91 Å². The molecule has 0 bridgehead atoms. The lowest BCUT2D eigenvalue weighted by Crippen LogP contribution is -2.27. The summed E-state index contributed by atoms with van der Waals surface area (Å²) in [7, 11) is 1.70. The molecule has 2 aromatic rings. The van der Waals surface area contributed by atoms with E-state index >= 15 is 0 Å². The van der Waals surface area contributed by atoms with Crippen LogP contribution in [0.4, 0.5) is 5.69 Å². The monoisotopic (exact) mass is 388 g/mol. The number of nitrogens with one attached hydrogen (secondary N) is 1. The summed E-state index contributed by atoms with van der Waals surface area (Å²) in [4.78, 5) is 38.4. The first-order valence-corrected chi connectivity index (χ1v) is 9.39. The van der Waals surface area contributed by atoms with Gasteiger partial charge in [0.1, 0.15) is 12.4 Å². The lowest BCUT2D eigenvalue weighted by Gasteiger charge is -2.15. The van der Waals surface area contributed by atoms with Crippen molar-refractivity contribution in [2.24, 2.45) is 0 Å². The van der Waals surface area contributed by atoms with Crippen molar-refractivity contribution in [3.8, 4) is 5.75 Å². The third kappa shape index (κ3) is 4.65. The maximum atomic E-state index is 12.5. The largest absolute Gasteiger partial charge is 0.491 e. The number of ether oxygens (including phenoxy) is 1. The molecule has 0 saturated heterocycles. The van der Waals surface area contributed by atoms with E-state index in [0.29, 0.717) is 30.2 Å². The second-order valence-electron chi connectivity index (χ2n) is 6.35. The molecular formula is C19H20N2O5S. The first-order chi connectivity index (χ1) is 12.9. The van der Waals surface area contributed by atoms with Crippen LogP contribution in [-0.2, 0) is 9.59 Å². The molecule has 3 rings (SSSR count). The molecule has 27 heavy (non-hydrogen) atoms. The Morgan fingerprint density at radius 3 is 2.85 bits per heavy atom. The molecule has 142 valence electrons. The number of nitrogens with zero attached hydrogens (tertiary/aromatic N) is 1. The summed E-state index contributed by atoms with van der Waals surface area (Å²) < 4.78 is 5.57. The number of hydrogen-bond donors (Lipinski definition) is 2. The van der Waals surface area contributed by atoms with Gasteiger partial charge in [-0.15, -0.1) is 11.3 Å². The van der Waals surface area contributed by atoms with Crippen molar-refractivity contribution in [1.29, 1.82) is 0 Å². The van der Waals surface area contributed by atoms with E-state index in [1.807, 2.05) is 17.5 Å². The predicted molar refractivity (Wildman–Crippen MR) is 101 cm³/mol. The summed E-state index contributed by atoms with van der Waals surface area (Å²) in [6.07, 6.45) is -0.0660. The van der Waals surface area contributed by atoms with Crippen molar-refractivity contribution in [3.05, 3.63) is 46.2 Å². The minimum atomic E-state index is -0.947. The Morgan fingerprint density at radius 1 is 1.33 bits per heavy atom. The van der Waals surface area contributed by atoms with Gasteiger partial charge in [-0.2, -0.15) is 0 Å². The highest BCUT2D eigenvalue weighted by Crippen LogP contribution is 2.29. The first kappa shape index (κ1) is 18.9. The Kier molecular flexibility index (Phi) is 5.75. The molecule has 2 N–H and O–H groups in total. The average Bonchev–Trinajstić information content (AvgIpc) is 3.11. The molecule has 2 heterocycles. The maximum Gasteiger partial charge on any atom is 0.304 e. The smallest absolute Gasteiger partial charge is 0.304 e. The van der Waals surface area contributed by atoms with Crippen molar-refractivity contribution in [3.63, 3.8) is 0 Å². The van der Waals surface area contributed by atoms with Crippen molar-refractivity contribution in [2.45, 2.75) is 18.8 Å². The second kappa shape index (κ2) is 8.22. The Bertz CT molecular complexity index is 850. The van der Waals surface area contributed by atoms with Crippen LogP contribution in [0.1, 0.15) is 34.0 Å². The number of aliphatic carboxylic acids is 1. The number of carbonyl (C=O) groups is 3. The van der Waals surface area contributed by atoms with Crippen LogP contribution in [0.3, 0.4) is 0 Å². The van der Waals surface area contributed by atoms with Gasteiger partial charge in [-0.05, 0) is 29.6 Å². The van der Waals surface area contributed by atoms with E-state index < -0.39 is 5.97 Å². The second-order valence-corrected chi connectivity index (χ2v) is 7.33. The van der Waals surface area contributed by atoms with Gasteiger partial charge in [-0.3, -0.25) is 14.4 Å². The summed E-state index contributed by atoms with van der Waals surface area (Å²) in [5.74, 6) is -1.31. The van der Waals surface area contributed by atoms with E-state index in [1.54, 1.807) is 30.1 Å². The van der Waals surface area contributed by atoms with Gasteiger partial charge < -0.3 is 20.1 Å². The van der Waals surface area contributed by atoms with Gasteiger partial charge in [0, 0.05) is 30.0 Å². The van der Waals surface area contributed by atoms with Crippen LogP contribution in [0.15, 0.2) is 35.7 Å². The van der Waals surface area contributed by atoms with Gasteiger partial charge in [0.25, 0.3) is 5.91 Å². The third-order valence-corrected chi connectivity index (χ3v) is 5.36. The van der Waals surface area contributed by atoms with Crippen LogP contribution in [0.25, 0.3) is 0 Å². The van der Waals surface area contributed by atoms with Gasteiger partial charge in [0.05, 0.1) is 18.5 Å². The van der Waals surface area contributed by atoms with Crippen LogP contribution >= 0.6 is 11.3 Å².